The number of carbonyl (C=O) groups excluding carboxylic acids is 1. The van der Waals surface area contributed by atoms with Gasteiger partial charge in [-0.1, -0.05) is 0 Å². The van der Waals surface area contributed by atoms with Gasteiger partial charge in [0.05, 0.1) is 0 Å². The number of nitrogens with zero attached hydrogens (tertiary/aromatic N) is 2. The van der Waals surface area contributed by atoms with E-state index in [0.29, 0.717) is 12.5 Å². The molecule has 2 N–H and O–H groups in total. The second-order valence-corrected chi connectivity index (χ2v) is 20.8. The van der Waals surface area contributed by atoms with Crippen molar-refractivity contribution in [3.8, 4) is 0 Å². The summed E-state index contributed by atoms with van der Waals surface area (Å²) in [5, 5.41) is 0. The maximum absolute atomic E-state index is 10.4. The summed E-state index contributed by atoms with van der Waals surface area (Å²) >= 11 is -3.00. The van der Waals surface area contributed by atoms with E-state index >= 15 is 0 Å². The first-order chi connectivity index (χ1) is 5.70. The van der Waals surface area contributed by atoms with Crippen molar-refractivity contribution >= 4 is 48.6 Å². The van der Waals surface area contributed by atoms with E-state index in [4.69, 9.17) is 42.5 Å². The van der Waals surface area contributed by atoms with Crippen LogP contribution in [-0.2, 0) is 17.6 Å². The fourth-order valence-corrected chi connectivity index (χ4v) is 0.532. The van der Waals surface area contributed by atoms with E-state index < -0.39 is 12.8 Å². The average Bonchev–Trinajstić information content (AvgIpc) is 2.05. The zero-order chi connectivity index (χ0) is 10.6. The van der Waals surface area contributed by atoms with Gasteiger partial charge in [0.1, 0.15) is 6.54 Å². The molecule has 0 radical (unpaired) electrons. The van der Waals surface area contributed by atoms with Crippen molar-refractivity contribution in [1.29, 1.82) is 0 Å². The summed E-state index contributed by atoms with van der Waals surface area (Å²) in [6, 6.07) is 0. The number of guanidine groups is 1. The Morgan fingerprint density at radius 1 is 1.54 bits per heavy atom. The van der Waals surface area contributed by atoms with E-state index in [9.17, 15) is 4.79 Å². The summed E-state index contributed by atoms with van der Waals surface area (Å²) < 4.78 is 0. The molecule has 0 atom stereocenters. The monoisotopic (exact) mass is 451 g/mol. The molecule has 0 fully saturated rings. The van der Waals surface area contributed by atoms with Gasteiger partial charge >= 0.3 is 51.0 Å². The number of hydrogen-bond acceptors (Lipinski definition) is 3. The molecule has 1 aliphatic heterocycles. The van der Waals surface area contributed by atoms with Gasteiger partial charge in [-0.05, 0) is 0 Å². The SMILES string of the molecule is CN1CC(=O)N=C1N.[Cl][Au-]([Cl])([Cl])[Cl].[H+]. The zero-order valence-corrected chi connectivity index (χ0v) is 11.6. The van der Waals surface area contributed by atoms with Gasteiger partial charge in [0.2, 0.25) is 0 Å². The van der Waals surface area contributed by atoms with Gasteiger partial charge in [-0.25, -0.2) is 0 Å². The molecule has 0 aromatic rings. The molecule has 0 saturated carbocycles. The molecule has 0 aliphatic carbocycles. The van der Waals surface area contributed by atoms with Gasteiger partial charge in [0.15, 0.2) is 5.96 Å². The number of rotatable bonds is 0. The quantitative estimate of drug-likeness (QED) is 0.568. The normalized spacial score (nSPS) is 17.8. The second-order valence-electron chi connectivity index (χ2n) is 1.98. The molecule has 0 saturated heterocycles. The van der Waals surface area contributed by atoms with Crippen LogP contribution in [-0.4, -0.2) is 30.4 Å². The van der Waals surface area contributed by atoms with Crippen LogP contribution in [0.1, 0.15) is 1.43 Å². The first-order valence-corrected chi connectivity index (χ1v) is 13.5. The molecule has 0 bridgehead atoms. The summed E-state index contributed by atoms with van der Waals surface area (Å²) in [7, 11) is 21.7. The Labute approximate surface area is 96.3 Å². The minimum absolute atomic E-state index is 0. The maximum atomic E-state index is 10.4. The van der Waals surface area contributed by atoms with E-state index in [1.165, 1.54) is 0 Å². The Balaban J connectivity index is 0. The fourth-order valence-electron chi connectivity index (χ4n) is 0.532. The third-order valence-corrected chi connectivity index (χ3v) is 1.00. The Morgan fingerprint density at radius 3 is 2.00 bits per heavy atom. The molecule has 84 valence electrons. The summed E-state index contributed by atoms with van der Waals surface area (Å²) in [6.07, 6.45) is 0. The van der Waals surface area contributed by atoms with Crippen molar-refractivity contribution in [1.82, 2.24) is 4.90 Å². The maximum Gasteiger partial charge on any atom is 1.00 e. The summed E-state index contributed by atoms with van der Waals surface area (Å²) in [5.41, 5.74) is 5.22. The van der Waals surface area contributed by atoms with Gasteiger partial charge in [-0.2, -0.15) is 4.99 Å². The molecule has 13 heavy (non-hydrogen) atoms. The fraction of sp³-hybridized carbons (Fsp3) is 0.500. The zero-order valence-electron chi connectivity index (χ0n) is 7.40. The number of carbonyl (C=O) groups is 1. The van der Waals surface area contributed by atoms with E-state index in [1.54, 1.807) is 11.9 Å². The van der Waals surface area contributed by atoms with Crippen LogP contribution in [0.3, 0.4) is 0 Å². The number of aliphatic imine (C=N–C) groups is 1. The minimum Gasteiger partial charge on any atom is 1.00 e. The van der Waals surface area contributed by atoms with Crippen LogP contribution < -0.4 is 5.73 Å². The van der Waals surface area contributed by atoms with Crippen LogP contribution in [0.4, 0.5) is 0 Å². The number of amides is 1. The van der Waals surface area contributed by atoms with Crippen molar-refractivity contribution in [3.63, 3.8) is 0 Å². The van der Waals surface area contributed by atoms with E-state index in [-0.39, 0.29) is 7.33 Å². The Morgan fingerprint density at radius 2 is 1.92 bits per heavy atom. The average molecular weight is 453 g/mol. The molecule has 0 unspecified atom stereocenters. The molecule has 1 heterocycles. The van der Waals surface area contributed by atoms with Gasteiger partial charge in [-0.3, -0.25) is 4.79 Å². The molecule has 1 rings (SSSR count). The van der Waals surface area contributed by atoms with Crippen LogP contribution >= 0.6 is 36.8 Å². The van der Waals surface area contributed by atoms with Crippen LogP contribution in [0, 0.1) is 0 Å². The molecule has 1 amide bonds. The smallest absolute Gasteiger partial charge is 1.00 e. The van der Waals surface area contributed by atoms with Gasteiger partial charge in [-0.15, -0.1) is 0 Å². The van der Waals surface area contributed by atoms with Crippen molar-refractivity contribution in [2.75, 3.05) is 13.6 Å². The van der Waals surface area contributed by atoms with Gasteiger partial charge in [0.25, 0.3) is 5.91 Å². The molecule has 1 aliphatic rings. The first kappa shape index (κ1) is 13.8. The standard InChI is InChI=1S/C4H7N3O.Au.4ClH/c1-7-2-3(8)6-4(7)5;;;;;/h2H2,1H3,(H2,5,6,8);;4*1H/q;+3;;;;/p-3. The van der Waals surface area contributed by atoms with Crippen molar-refractivity contribution < 1.29 is 19.0 Å². The molecule has 9 heteroatoms. The third kappa shape index (κ3) is 9.15. The van der Waals surface area contributed by atoms with Crippen molar-refractivity contribution in [2.24, 2.45) is 10.7 Å². The van der Waals surface area contributed by atoms with Crippen LogP contribution in [0.5, 0.6) is 0 Å². The van der Waals surface area contributed by atoms with E-state index in [2.05, 4.69) is 4.99 Å². The van der Waals surface area contributed by atoms with Crippen LogP contribution in [0.25, 0.3) is 0 Å². The predicted molar refractivity (Wildman–Crippen MR) is 53.8 cm³/mol. The number of likely N-dealkylation sites (N-methyl/N-ethyl adjacent to an activating group) is 1. The minimum atomic E-state index is -3.00. The molecule has 0 spiro atoms. The third-order valence-electron chi connectivity index (χ3n) is 1.00. The molecular formula is C4H8AuCl4N3O. The van der Waals surface area contributed by atoms with Gasteiger partial charge in [0, 0.05) is 7.05 Å². The number of hydrogen-bond donors (Lipinski definition) is 1. The Hall–Kier alpha value is 0.840. The van der Waals surface area contributed by atoms with E-state index in [1.807, 2.05) is 0 Å². The van der Waals surface area contributed by atoms with Crippen LogP contribution in [0.2, 0.25) is 0 Å². The summed E-state index contributed by atoms with van der Waals surface area (Å²) in [6.45, 7) is 0.325. The van der Waals surface area contributed by atoms with Gasteiger partial charge < -0.3 is 10.6 Å². The summed E-state index contributed by atoms with van der Waals surface area (Å²) in [4.78, 5) is 15.4. The molecular weight excluding hydrogens is 445 g/mol. The van der Waals surface area contributed by atoms with Crippen molar-refractivity contribution in [3.05, 3.63) is 0 Å². The topological polar surface area (TPSA) is 58.7 Å². The number of halogens is 4. The second kappa shape index (κ2) is 5.66. The van der Waals surface area contributed by atoms with Crippen molar-refractivity contribution in [2.45, 2.75) is 0 Å². The molecule has 0 aromatic carbocycles. The predicted octanol–water partition coefficient (Wildman–Crippen LogP) is 1.64. The summed E-state index contributed by atoms with van der Waals surface area (Å²) in [5.74, 6) is 0.153. The number of nitrogens with two attached hydrogens (primary N) is 1. The Kier molecular flexibility index (Phi) is 6.02. The molecule has 0 aromatic heterocycles. The largest absolute Gasteiger partial charge is 1.00 e. The Bertz CT molecular complexity index is 227. The first-order valence-electron chi connectivity index (χ1n) is 2.74. The van der Waals surface area contributed by atoms with E-state index in [0.717, 1.165) is 0 Å². The molecule has 4 nitrogen and oxygen atoms in total. The van der Waals surface area contributed by atoms with Crippen LogP contribution in [0.15, 0.2) is 4.99 Å².